The summed E-state index contributed by atoms with van der Waals surface area (Å²) in [5.74, 6) is 5.68. The molecule has 5 nitrogen and oxygen atoms in total. The number of anilines is 1. The zero-order chi connectivity index (χ0) is 11.8. The lowest BCUT2D eigenvalue weighted by atomic mass is 10.3. The Kier molecular flexibility index (Phi) is 5.18. The number of aromatic nitrogens is 1. The molecule has 1 aromatic heterocycles. The van der Waals surface area contributed by atoms with Crippen molar-refractivity contribution in [2.75, 3.05) is 5.01 Å². The highest BCUT2D eigenvalue weighted by Gasteiger charge is 2.01. The number of nitrogens with zero attached hydrogens (tertiary/aromatic N) is 3. The zero-order valence-electron chi connectivity index (χ0n) is 9.34. The molecule has 0 aliphatic rings. The molecule has 0 atom stereocenters. The molecule has 86 valence electrons. The molecular formula is C11H16N4O. The minimum absolute atomic E-state index is 0.347. The number of pyridine rings is 1. The molecule has 0 spiro atoms. The van der Waals surface area contributed by atoms with Gasteiger partial charge in [-0.15, -0.1) is 0 Å². The van der Waals surface area contributed by atoms with Gasteiger partial charge in [0.1, 0.15) is 0 Å². The van der Waals surface area contributed by atoms with Gasteiger partial charge in [0.2, 0.25) is 0 Å². The fraction of sp³-hybridized carbons (Fsp3) is 0.273. The van der Waals surface area contributed by atoms with E-state index in [2.05, 4.69) is 21.6 Å². The van der Waals surface area contributed by atoms with Crippen LogP contribution in [0, 0.1) is 0 Å². The zero-order valence-corrected chi connectivity index (χ0v) is 9.34. The maximum absolute atomic E-state index is 4.97. The average Bonchev–Trinajstić information content (AvgIpc) is 2.32. The van der Waals surface area contributed by atoms with E-state index in [1.807, 2.05) is 31.3 Å². The molecule has 0 unspecified atom stereocenters. The van der Waals surface area contributed by atoms with Gasteiger partial charge in [-0.25, -0.2) is 15.9 Å². The van der Waals surface area contributed by atoms with Crippen LogP contribution < -0.4 is 10.9 Å². The van der Waals surface area contributed by atoms with Gasteiger partial charge in [0.25, 0.3) is 0 Å². The van der Waals surface area contributed by atoms with Crippen LogP contribution in [0.5, 0.6) is 0 Å². The highest BCUT2D eigenvalue weighted by Crippen LogP contribution is 2.12. The van der Waals surface area contributed by atoms with Crippen LogP contribution in [0.4, 0.5) is 5.82 Å². The maximum Gasteiger partial charge on any atom is 0.153 e. The van der Waals surface area contributed by atoms with E-state index in [0.717, 1.165) is 12.0 Å². The van der Waals surface area contributed by atoms with Gasteiger partial charge < -0.3 is 0 Å². The van der Waals surface area contributed by atoms with E-state index < -0.39 is 0 Å². The Labute approximate surface area is 95.2 Å². The fourth-order valence-corrected chi connectivity index (χ4v) is 1.14. The van der Waals surface area contributed by atoms with Crippen molar-refractivity contribution in [3.8, 4) is 0 Å². The third kappa shape index (κ3) is 3.45. The molecule has 2 N–H and O–H groups in total. The van der Waals surface area contributed by atoms with Crippen molar-refractivity contribution in [2.24, 2.45) is 11.0 Å². The van der Waals surface area contributed by atoms with Crippen molar-refractivity contribution in [2.45, 2.75) is 20.0 Å². The smallest absolute Gasteiger partial charge is 0.153 e. The molecular weight excluding hydrogens is 204 g/mol. The van der Waals surface area contributed by atoms with Gasteiger partial charge in [-0.3, -0.25) is 4.84 Å². The number of hydrogen-bond donors (Lipinski definition) is 1. The first-order valence-corrected chi connectivity index (χ1v) is 5.01. The van der Waals surface area contributed by atoms with E-state index in [9.17, 15) is 0 Å². The van der Waals surface area contributed by atoms with Gasteiger partial charge in [0.05, 0.1) is 6.61 Å². The second-order valence-electron chi connectivity index (χ2n) is 3.11. The minimum atomic E-state index is 0.347. The van der Waals surface area contributed by atoms with Gasteiger partial charge in [-0.05, 0) is 18.1 Å². The summed E-state index contributed by atoms with van der Waals surface area (Å²) in [5, 5.41) is 5.46. The normalized spacial score (nSPS) is 10.6. The summed E-state index contributed by atoms with van der Waals surface area (Å²) < 4.78 is 0. The second-order valence-corrected chi connectivity index (χ2v) is 3.11. The van der Waals surface area contributed by atoms with E-state index in [0.29, 0.717) is 12.4 Å². The van der Waals surface area contributed by atoms with Crippen molar-refractivity contribution >= 4 is 12.5 Å². The number of hydrogen-bond acceptors (Lipinski definition) is 5. The van der Waals surface area contributed by atoms with Crippen molar-refractivity contribution in [1.29, 1.82) is 0 Å². The summed E-state index contributed by atoms with van der Waals surface area (Å²) in [6.45, 7) is 5.88. The molecule has 0 amide bonds. The monoisotopic (exact) mass is 220 g/mol. The van der Waals surface area contributed by atoms with Gasteiger partial charge in [-0.2, -0.15) is 5.10 Å². The molecule has 0 bridgehead atoms. The van der Waals surface area contributed by atoms with E-state index in [-0.39, 0.29) is 0 Å². The molecule has 1 heterocycles. The summed E-state index contributed by atoms with van der Waals surface area (Å²) in [6.07, 6.45) is 6.44. The first-order chi connectivity index (χ1) is 7.81. The predicted molar refractivity (Wildman–Crippen MR) is 64.7 cm³/mol. The molecule has 5 heteroatoms. The van der Waals surface area contributed by atoms with Crippen molar-refractivity contribution in [1.82, 2.24) is 4.98 Å². The molecule has 1 aromatic rings. The molecule has 0 fully saturated rings. The fourth-order valence-electron chi connectivity index (χ4n) is 1.14. The van der Waals surface area contributed by atoms with Gasteiger partial charge in [0, 0.05) is 19.1 Å². The van der Waals surface area contributed by atoms with E-state index >= 15 is 0 Å². The second kappa shape index (κ2) is 6.71. The first-order valence-electron chi connectivity index (χ1n) is 5.01. The van der Waals surface area contributed by atoms with Crippen molar-refractivity contribution < 1.29 is 4.84 Å². The van der Waals surface area contributed by atoms with Crippen LogP contribution in [-0.2, 0) is 11.4 Å². The predicted octanol–water partition coefficient (Wildman–Crippen LogP) is 1.82. The van der Waals surface area contributed by atoms with Gasteiger partial charge in [-0.1, -0.05) is 19.1 Å². The van der Waals surface area contributed by atoms with Crippen molar-refractivity contribution in [3.63, 3.8) is 0 Å². The van der Waals surface area contributed by atoms with Crippen LogP contribution in [0.3, 0.4) is 0 Å². The number of allylic oxidation sites excluding steroid dienone is 1. The van der Waals surface area contributed by atoms with Gasteiger partial charge >= 0.3 is 0 Å². The summed E-state index contributed by atoms with van der Waals surface area (Å²) in [4.78, 5) is 8.74. The Morgan fingerprint density at radius 2 is 2.44 bits per heavy atom. The summed E-state index contributed by atoms with van der Waals surface area (Å²) in [7, 11) is 0. The standard InChI is InChI=1S/C11H16N4O/c1-3-4-7-15(13-2)11-6-5-10(8-14-11)9-16-12/h4-8H,2-3,9,12H2,1H3/b7-4-. The van der Waals surface area contributed by atoms with Crippen LogP contribution in [-0.4, -0.2) is 11.7 Å². The quantitative estimate of drug-likeness (QED) is 0.586. The molecule has 16 heavy (non-hydrogen) atoms. The summed E-state index contributed by atoms with van der Waals surface area (Å²) >= 11 is 0. The molecule has 0 saturated carbocycles. The largest absolute Gasteiger partial charge is 0.300 e. The SMILES string of the molecule is C=NN(/C=C\CC)c1ccc(CON)cn1. The Bertz CT molecular complexity index is 348. The van der Waals surface area contributed by atoms with E-state index in [1.54, 1.807) is 11.2 Å². The topological polar surface area (TPSA) is 63.7 Å². The Morgan fingerprint density at radius 1 is 1.62 bits per heavy atom. The summed E-state index contributed by atoms with van der Waals surface area (Å²) in [6, 6.07) is 3.72. The summed E-state index contributed by atoms with van der Waals surface area (Å²) in [5.41, 5.74) is 0.912. The van der Waals surface area contributed by atoms with E-state index in [4.69, 9.17) is 5.90 Å². The highest BCUT2D eigenvalue weighted by molar-refractivity contribution is 5.44. The molecule has 0 aliphatic heterocycles. The van der Waals surface area contributed by atoms with Crippen LogP contribution in [0.1, 0.15) is 18.9 Å². The molecule has 0 radical (unpaired) electrons. The first kappa shape index (κ1) is 12.4. The van der Waals surface area contributed by atoms with Crippen molar-refractivity contribution in [3.05, 3.63) is 36.2 Å². The Morgan fingerprint density at radius 3 is 2.94 bits per heavy atom. The van der Waals surface area contributed by atoms with Crippen LogP contribution in [0.2, 0.25) is 0 Å². The Balaban J connectivity index is 2.77. The third-order valence-electron chi connectivity index (χ3n) is 1.93. The van der Waals surface area contributed by atoms with Gasteiger partial charge in [0.15, 0.2) is 5.82 Å². The molecule has 0 aliphatic carbocycles. The van der Waals surface area contributed by atoms with E-state index in [1.165, 1.54) is 0 Å². The number of hydrazone groups is 1. The lowest BCUT2D eigenvalue weighted by Gasteiger charge is -2.12. The molecule has 0 saturated heterocycles. The third-order valence-corrected chi connectivity index (χ3v) is 1.93. The highest BCUT2D eigenvalue weighted by atomic mass is 16.6. The molecule has 1 rings (SSSR count). The minimum Gasteiger partial charge on any atom is -0.300 e. The van der Waals surface area contributed by atoms with Crippen LogP contribution in [0.25, 0.3) is 0 Å². The number of rotatable bonds is 6. The van der Waals surface area contributed by atoms with Crippen LogP contribution in [0.15, 0.2) is 35.7 Å². The lowest BCUT2D eigenvalue weighted by Crippen LogP contribution is -2.08. The van der Waals surface area contributed by atoms with Crippen LogP contribution >= 0.6 is 0 Å². The number of nitrogens with two attached hydrogens (primary N) is 1. The maximum atomic E-state index is 4.97. The molecule has 0 aromatic carbocycles. The average molecular weight is 220 g/mol. The Hall–Kier alpha value is -1.72. The lowest BCUT2D eigenvalue weighted by molar-refractivity contribution is 0.124.